The van der Waals surface area contributed by atoms with Gasteiger partial charge in [0.15, 0.2) is 0 Å². The van der Waals surface area contributed by atoms with E-state index in [1.807, 2.05) is 0 Å². The lowest BCUT2D eigenvalue weighted by Gasteiger charge is -2.51. The van der Waals surface area contributed by atoms with Gasteiger partial charge in [-0.05, 0) is 80.5 Å². The monoisotopic (exact) mass is 260 g/mol. The van der Waals surface area contributed by atoms with Gasteiger partial charge in [0, 0.05) is 5.92 Å². The molecule has 4 rings (SSSR count). The Bertz CT molecular complexity index is 350. The first-order valence-corrected chi connectivity index (χ1v) is 8.82. The molecule has 0 radical (unpaired) electrons. The number of carbonyl (C=O) groups excluding carboxylic acids is 1. The van der Waals surface area contributed by atoms with Gasteiger partial charge in [0.1, 0.15) is 6.29 Å². The molecule has 4 saturated carbocycles. The van der Waals surface area contributed by atoms with Crippen molar-refractivity contribution in [2.75, 3.05) is 0 Å². The number of rotatable bonds is 1. The fraction of sp³-hybridized carbons (Fsp3) is 0.944. The zero-order chi connectivity index (χ0) is 12.8. The van der Waals surface area contributed by atoms with Gasteiger partial charge in [0.25, 0.3) is 0 Å². The lowest BCUT2D eigenvalue weighted by atomic mass is 9.54. The standard InChI is InChI=1S/C18H28O/c19-11-12-9-14-6-8-16-15-4-2-1-3-13(15)5-7-17(16)18(14)10-12/h11-18H,1-10H2/t12?,13?,14-,15-,16+,17+,18+/m0/s1. The predicted octanol–water partition coefficient (Wildman–Crippen LogP) is 4.45. The molecule has 7 atom stereocenters. The highest BCUT2D eigenvalue weighted by Crippen LogP contribution is 2.58. The van der Waals surface area contributed by atoms with Crippen molar-refractivity contribution < 1.29 is 4.79 Å². The summed E-state index contributed by atoms with van der Waals surface area (Å²) >= 11 is 0. The van der Waals surface area contributed by atoms with Crippen LogP contribution in [0, 0.1) is 41.4 Å². The summed E-state index contributed by atoms with van der Waals surface area (Å²) in [5, 5.41) is 0. The van der Waals surface area contributed by atoms with Crippen LogP contribution in [-0.2, 0) is 4.79 Å². The van der Waals surface area contributed by atoms with Crippen LogP contribution >= 0.6 is 0 Å². The molecule has 106 valence electrons. The Kier molecular flexibility index (Phi) is 3.20. The maximum Gasteiger partial charge on any atom is 0.123 e. The highest BCUT2D eigenvalue weighted by Gasteiger charge is 2.50. The fourth-order valence-corrected chi connectivity index (χ4v) is 6.63. The largest absolute Gasteiger partial charge is 0.303 e. The Morgan fingerprint density at radius 3 is 2.21 bits per heavy atom. The first kappa shape index (κ1) is 12.4. The molecule has 0 saturated heterocycles. The molecule has 0 aromatic carbocycles. The van der Waals surface area contributed by atoms with Gasteiger partial charge >= 0.3 is 0 Å². The summed E-state index contributed by atoms with van der Waals surface area (Å²) in [6.07, 6.45) is 15.7. The summed E-state index contributed by atoms with van der Waals surface area (Å²) in [5.74, 6) is 6.46. The number of aldehydes is 1. The number of hydrogen-bond acceptors (Lipinski definition) is 1. The Hall–Kier alpha value is -0.330. The van der Waals surface area contributed by atoms with Crippen molar-refractivity contribution in [2.24, 2.45) is 41.4 Å². The number of carbonyl (C=O) groups is 1. The Morgan fingerprint density at radius 2 is 1.37 bits per heavy atom. The van der Waals surface area contributed by atoms with E-state index in [1.54, 1.807) is 0 Å². The van der Waals surface area contributed by atoms with Crippen LogP contribution in [0.15, 0.2) is 0 Å². The highest BCUT2D eigenvalue weighted by molar-refractivity contribution is 5.54. The summed E-state index contributed by atoms with van der Waals surface area (Å²) < 4.78 is 0. The molecule has 2 unspecified atom stereocenters. The molecule has 4 aliphatic rings. The van der Waals surface area contributed by atoms with Crippen LogP contribution in [0.5, 0.6) is 0 Å². The Labute approximate surface area is 117 Å². The molecule has 0 N–H and O–H groups in total. The smallest absolute Gasteiger partial charge is 0.123 e. The summed E-state index contributed by atoms with van der Waals surface area (Å²) in [5.41, 5.74) is 0. The molecule has 0 bridgehead atoms. The molecule has 4 aliphatic carbocycles. The molecule has 0 aliphatic heterocycles. The van der Waals surface area contributed by atoms with Crippen LogP contribution in [0.4, 0.5) is 0 Å². The number of fused-ring (bicyclic) bond motifs is 5. The second kappa shape index (κ2) is 4.90. The van der Waals surface area contributed by atoms with Crippen LogP contribution < -0.4 is 0 Å². The summed E-state index contributed by atoms with van der Waals surface area (Å²) in [7, 11) is 0. The normalized spacial score (nSPS) is 52.9. The molecule has 19 heavy (non-hydrogen) atoms. The molecular weight excluding hydrogens is 232 g/mol. The minimum absolute atomic E-state index is 0.415. The van der Waals surface area contributed by atoms with E-state index in [2.05, 4.69) is 0 Å². The van der Waals surface area contributed by atoms with Gasteiger partial charge in [-0.2, -0.15) is 0 Å². The third kappa shape index (κ3) is 1.99. The first-order valence-electron chi connectivity index (χ1n) is 8.82. The van der Waals surface area contributed by atoms with Crippen LogP contribution in [0.25, 0.3) is 0 Å². The van der Waals surface area contributed by atoms with Crippen LogP contribution in [0.1, 0.15) is 64.2 Å². The van der Waals surface area contributed by atoms with E-state index >= 15 is 0 Å². The van der Waals surface area contributed by atoms with Gasteiger partial charge in [0.2, 0.25) is 0 Å². The van der Waals surface area contributed by atoms with Gasteiger partial charge in [-0.25, -0.2) is 0 Å². The topological polar surface area (TPSA) is 17.1 Å². The molecule has 1 nitrogen and oxygen atoms in total. The minimum Gasteiger partial charge on any atom is -0.303 e. The summed E-state index contributed by atoms with van der Waals surface area (Å²) in [6, 6.07) is 0. The quantitative estimate of drug-likeness (QED) is 0.636. The van der Waals surface area contributed by atoms with E-state index in [1.165, 1.54) is 70.5 Å². The second-order valence-electron chi connectivity index (χ2n) is 7.98. The van der Waals surface area contributed by atoms with Crippen molar-refractivity contribution >= 4 is 6.29 Å². The maximum atomic E-state index is 11.1. The summed E-state index contributed by atoms with van der Waals surface area (Å²) in [6.45, 7) is 0. The third-order valence-corrected chi connectivity index (χ3v) is 7.34. The average molecular weight is 260 g/mol. The molecule has 0 aromatic rings. The van der Waals surface area contributed by atoms with E-state index in [0.717, 1.165) is 35.5 Å². The first-order chi connectivity index (χ1) is 9.36. The Balaban J connectivity index is 1.53. The molecular formula is C18H28O. The molecule has 0 amide bonds. The molecule has 0 aromatic heterocycles. The lowest BCUT2D eigenvalue weighted by molar-refractivity contribution is -0.111. The zero-order valence-corrected chi connectivity index (χ0v) is 12.1. The molecule has 4 fully saturated rings. The van der Waals surface area contributed by atoms with Crippen molar-refractivity contribution in [2.45, 2.75) is 64.2 Å². The van der Waals surface area contributed by atoms with E-state index in [-0.39, 0.29) is 0 Å². The Morgan fingerprint density at radius 1 is 0.632 bits per heavy atom. The van der Waals surface area contributed by atoms with E-state index in [0.29, 0.717) is 5.92 Å². The van der Waals surface area contributed by atoms with E-state index in [9.17, 15) is 4.79 Å². The van der Waals surface area contributed by atoms with Crippen molar-refractivity contribution in [3.05, 3.63) is 0 Å². The second-order valence-corrected chi connectivity index (χ2v) is 7.98. The minimum atomic E-state index is 0.415. The fourth-order valence-electron chi connectivity index (χ4n) is 6.63. The molecule has 0 spiro atoms. The molecule has 1 heteroatoms. The van der Waals surface area contributed by atoms with Crippen molar-refractivity contribution in [1.82, 2.24) is 0 Å². The highest BCUT2D eigenvalue weighted by atomic mass is 16.1. The summed E-state index contributed by atoms with van der Waals surface area (Å²) in [4.78, 5) is 11.1. The predicted molar refractivity (Wildman–Crippen MR) is 76.7 cm³/mol. The van der Waals surface area contributed by atoms with Gasteiger partial charge in [-0.3, -0.25) is 0 Å². The van der Waals surface area contributed by atoms with Crippen molar-refractivity contribution in [3.63, 3.8) is 0 Å². The van der Waals surface area contributed by atoms with Crippen LogP contribution in [-0.4, -0.2) is 6.29 Å². The van der Waals surface area contributed by atoms with Gasteiger partial charge in [-0.1, -0.05) is 19.3 Å². The van der Waals surface area contributed by atoms with Crippen LogP contribution in [0.2, 0.25) is 0 Å². The van der Waals surface area contributed by atoms with Gasteiger partial charge in [-0.15, -0.1) is 0 Å². The van der Waals surface area contributed by atoms with Gasteiger partial charge < -0.3 is 4.79 Å². The SMILES string of the molecule is O=CC1C[C@@H]2CC[C@H]3[C@@H](CCC4CCCC[C@@H]43)[C@@H]2C1. The van der Waals surface area contributed by atoms with Crippen molar-refractivity contribution in [1.29, 1.82) is 0 Å². The van der Waals surface area contributed by atoms with Crippen LogP contribution in [0.3, 0.4) is 0 Å². The third-order valence-electron chi connectivity index (χ3n) is 7.34. The average Bonchev–Trinajstić information content (AvgIpc) is 2.90. The van der Waals surface area contributed by atoms with Crippen molar-refractivity contribution in [3.8, 4) is 0 Å². The lowest BCUT2D eigenvalue weighted by Crippen LogP contribution is -2.43. The van der Waals surface area contributed by atoms with E-state index in [4.69, 9.17) is 0 Å². The number of hydrogen-bond donors (Lipinski definition) is 0. The van der Waals surface area contributed by atoms with E-state index < -0.39 is 0 Å². The zero-order valence-electron chi connectivity index (χ0n) is 12.1. The van der Waals surface area contributed by atoms with Gasteiger partial charge in [0.05, 0.1) is 0 Å². The molecule has 0 heterocycles. The maximum absolute atomic E-state index is 11.1.